The second-order valence-corrected chi connectivity index (χ2v) is 5.21. The minimum absolute atomic E-state index is 0.00936. The van der Waals surface area contributed by atoms with Gasteiger partial charge in [-0.25, -0.2) is 0 Å². The quantitative estimate of drug-likeness (QED) is 0.841. The molecule has 1 aliphatic rings. The monoisotopic (exact) mass is 265 g/mol. The third kappa shape index (κ3) is 3.13. The van der Waals surface area contributed by atoms with Gasteiger partial charge in [0.1, 0.15) is 6.04 Å². The van der Waals surface area contributed by atoms with Gasteiger partial charge in [-0.15, -0.1) is 0 Å². The van der Waals surface area contributed by atoms with Crippen LogP contribution in [-0.2, 0) is 9.59 Å². The van der Waals surface area contributed by atoms with E-state index in [1.54, 1.807) is 30.1 Å². The van der Waals surface area contributed by atoms with Crippen molar-refractivity contribution in [1.29, 1.82) is 0 Å². The first-order valence-electron chi connectivity index (χ1n) is 6.55. The Hall–Kier alpha value is -1.85. The van der Waals surface area contributed by atoms with E-state index in [1.807, 2.05) is 0 Å². The molecule has 1 aromatic rings. The van der Waals surface area contributed by atoms with Gasteiger partial charge >= 0.3 is 5.97 Å². The highest BCUT2D eigenvalue weighted by Crippen LogP contribution is 2.33. The highest BCUT2D eigenvalue weighted by atomic mass is 16.4. The number of hydrogen-bond donors (Lipinski definition) is 2. The molecule has 1 aromatic heterocycles. The summed E-state index contributed by atoms with van der Waals surface area (Å²) in [5.74, 6) is -1.04. The van der Waals surface area contributed by atoms with E-state index in [0.717, 1.165) is 25.7 Å². The van der Waals surface area contributed by atoms with Gasteiger partial charge in [-0.05, 0) is 25.8 Å². The fraction of sp³-hybridized carbons (Fsp3) is 0.615. The standard InChI is InChI=1S/C13H19N3O3/c1-10(16-8-4-7-14-16)12(19)15-13(9-11(17)18)5-2-3-6-13/h4,7-8,10H,2-3,5-6,9H2,1H3,(H,15,19)(H,17,18). The lowest BCUT2D eigenvalue weighted by Gasteiger charge is -2.30. The van der Waals surface area contributed by atoms with Crippen molar-refractivity contribution >= 4 is 11.9 Å². The summed E-state index contributed by atoms with van der Waals surface area (Å²) in [7, 11) is 0. The third-order valence-electron chi connectivity index (χ3n) is 3.74. The molecule has 1 unspecified atom stereocenters. The maximum atomic E-state index is 12.2. The molecule has 1 saturated carbocycles. The van der Waals surface area contributed by atoms with Crippen LogP contribution in [0.2, 0.25) is 0 Å². The number of carboxylic acid groups (broad SMARTS) is 1. The number of nitrogens with zero attached hydrogens (tertiary/aromatic N) is 2. The Morgan fingerprint density at radius 3 is 2.68 bits per heavy atom. The number of aromatic nitrogens is 2. The predicted octanol–water partition coefficient (Wildman–Crippen LogP) is 1.35. The first-order chi connectivity index (χ1) is 9.02. The molecular weight excluding hydrogens is 246 g/mol. The van der Waals surface area contributed by atoms with Gasteiger partial charge < -0.3 is 10.4 Å². The number of carboxylic acids is 1. The van der Waals surface area contributed by atoms with Crippen molar-refractivity contribution < 1.29 is 14.7 Å². The molecule has 0 bridgehead atoms. The van der Waals surface area contributed by atoms with Crippen LogP contribution in [0.25, 0.3) is 0 Å². The van der Waals surface area contributed by atoms with Crippen LogP contribution >= 0.6 is 0 Å². The zero-order valence-corrected chi connectivity index (χ0v) is 11.0. The SMILES string of the molecule is CC(C(=O)NC1(CC(=O)O)CCCC1)n1cccn1. The van der Waals surface area contributed by atoms with Crippen LogP contribution in [0.15, 0.2) is 18.5 Å². The molecule has 0 spiro atoms. The van der Waals surface area contributed by atoms with E-state index in [-0.39, 0.29) is 12.3 Å². The Balaban J connectivity index is 2.05. The smallest absolute Gasteiger partial charge is 0.305 e. The lowest BCUT2D eigenvalue weighted by molar-refractivity contribution is -0.139. The van der Waals surface area contributed by atoms with Crippen molar-refractivity contribution in [3.05, 3.63) is 18.5 Å². The summed E-state index contributed by atoms with van der Waals surface area (Å²) >= 11 is 0. The highest BCUT2D eigenvalue weighted by molar-refractivity contribution is 5.81. The predicted molar refractivity (Wildman–Crippen MR) is 68.5 cm³/mol. The summed E-state index contributed by atoms with van der Waals surface area (Å²) in [6.07, 6.45) is 6.72. The average Bonchev–Trinajstić information content (AvgIpc) is 2.98. The second kappa shape index (κ2) is 5.42. The number of rotatable bonds is 5. The van der Waals surface area contributed by atoms with Gasteiger partial charge in [-0.1, -0.05) is 12.8 Å². The molecule has 2 rings (SSSR count). The van der Waals surface area contributed by atoms with Crippen molar-refractivity contribution in [3.63, 3.8) is 0 Å². The Morgan fingerprint density at radius 1 is 1.47 bits per heavy atom. The number of amides is 1. The normalized spacial score (nSPS) is 19.0. The summed E-state index contributed by atoms with van der Waals surface area (Å²) in [6.45, 7) is 1.76. The number of carbonyl (C=O) groups excluding carboxylic acids is 1. The fourth-order valence-corrected chi connectivity index (χ4v) is 2.68. The molecule has 1 aliphatic carbocycles. The van der Waals surface area contributed by atoms with Crippen LogP contribution in [0.3, 0.4) is 0 Å². The minimum Gasteiger partial charge on any atom is -0.481 e. The van der Waals surface area contributed by atoms with Gasteiger partial charge in [-0.3, -0.25) is 14.3 Å². The zero-order chi connectivity index (χ0) is 13.9. The van der Waals surface area contributed by atoms with Crippen LogP contribution < -0.4 is 5.32 Å². The third-order valence-corrected chi connectivity index (χ3v) is 3.74. The molecule has 6 heteroatoms. The Labute approximate surface area is 111 Å². The van der Waals surface area contributed by atoms with Crippen molar-refractivity contribution in [2.24, 2.45) is 0 Å². The molecule has 6 nitrogen and oxygen atoms in total. The molecule has 1 atom stereocenters. The molecule has 0 aliphatic heterocycles. The summed E-state index contributed by atoms with van der Waals surface area (Å²) in [4.78, 5) is 23.2. The second-order valence-electron chi connectivity index (χ2n) is 5.21. The molecule has 2 N–H and O–H groups in total. The Bertz CT molecular complexity index is 450. The summed E-state index contributed by atoms with van der Waals surface area (Å²) in [6, 6.07) is 1.33. The largest absolute Gasteiger partial charge is 0.481 e. The van der Waals surface area contributed by atoms with Gasteiger partial charge in [0.15, 0.2) is 0 Å². The average molecular weight is 265 g/mol. The molecule has 1 fully saturated rings. The molecule has 1 amide bonds. The van der Waals surface area contributed by atoms with E-state index in [2.05, 4.69) is 10.4 Å². The van der Waals surface area contributed by atoms with E-state index in [9.17, 15) is 9.59 Å². The van der Waals surface area contributed by atoms with Crippen LogP contribution in [0.1, 0.15) is 45.1 Å². The molecule has 0 aromatic carbocycles. The summed E-state index contributed by atoms with van der Waals surface area (Å²) in [5.41, 5.74) is -0.579. The number of aliphatic carboxylic acids is 1. The van der Waals surface area contributed by atoms with E-state index in [4.69, 9.17) is 5.11 Å². The molecule has 104 valence electrons. The lowest BCUT2D eigenvalue weighted by Crippen LogP contribution is -2.49. The summed E-state index contributed by atoms with van der Waals surface area (Å²) in [5, 5.41) is 16.0. The van der Waals surface area contributed by atoms with Crippen molar-refractivity contribution in [2.45, 2.75) is 50.6 Å². The molecule has 1 heterocycles. The molecule has 0 saturated heterocycles. The van der Waals surface area contributed by atoms with Crippen molar-refractivity contribution in [2.75, 3.05) is 0 Å². The van der Waals surface area contributed by atoms with Crippen molar-refractivity contribution in [1.82, 2.24) is 15.1 Å². The maximum absolute atomic E-state index is 12.2. The molecule has 19 heavy (non-hydrogen) atoms. The van der Waals surface area contributed by atoms with Gasteiger partial charge in [0.25, 0.3) is 0 Å². The van der Waals surface area contributed by atoms with E-state index in [1.165, 1.54) is 0 Å². The number of nitrogens with one attached hydrogen (secondary N) is 1. The minimum atomic E-state index is -0.867. The molecular formula is C13H19N3O3. The van der Waals surface area contributed by atoms with Crippen LogP contribution in [-0.4, -0.2) is 32.3 Å². The van der Waals surface area contributed by atoms with Crippen LogP contribution in [0, 0.1) is 0 Å². The van der Waals surface area contributed by atoms with Gasteiger partial charge in [0.05, 0.1) is 12.0 Å². The van der Waals surface area contributed by atoms with E-state index >= 15 is 0 Å². The van der Waals surface area contributed by atoms with Gasteiger partial charge in [-0.2, -0.15) is 5.10 Å². The lowest BCUT2D eigenvalue weighted by atomic mass is 9.93. The first kappa shape index (κ1) is 13.6. The Morgan fingerprint density at radius 2 is 2.16 bits per heavy atom. The maximum Gasteiger partial charge on any atom is 0.305 e. The number of hydrogen-bond acceptors (Lipinski definition) is 3. The van der Waals surface area contributed by atoms with Gasteiger partial charge in [0, 0.05) is 12.4 Å². The highest BCUT2D eigenvalue weighted by Gasteiger charge is 2.38. The van der Waals surface area contributed by atoms with Crippen LogP contribution in [0.5, 0.6) is 0 Å². The topological polar surface area (TPSA) is 84.2 Å². The summed E-state index contributed by atoms with van der Waals surface area (Å²) < 4.78 is 1.57. The van der Waals surface area contributed by atoms with E-state index in [0.29, 0.717) is 0 Å². The molecule has 0 radical (unpaired) electrons. The van der Waals surface area contributed by atoms with Gasteiger partial charge in [0.2, 0.25) is 5.91 Å². The van der Waals surface area contributed by atoms with Crippen molar-refractivity contribution in [3.8, 4) is 0 Å². The van der Waals surface area contributed by atoms with Crippen LogP contribution in [0.4, 0.5) is 0 Å². The zero-order valence-electron chi connectivity index (χ0n) is 11.0. The first-order valence-corrected chi connectivity index (χ1v) is 6.55. The number of carbonyl (C=O) groups is 2. The Kier molecular flexibility index (Phi) is 3.87. The van der Waals surface area contributed by atoms with E-state index < -0.39 is 17.6 Å². The fourth-order valence-electron chi connectivity index (χ4n) is 2.68.